The van der Waals surface area contributed by atoms with E-state index in [1.54, 1.807) is 16.7 Å². The van der Waals surface area contributed by atoms with Gasteiger partial charge in [-0.15, -0.1) is 11.8 Å². The van der Waals surface area contributed by atoms with E-state index < -0.39 is 29.0 Å². The van der Waals surface area contributed by atoms with E-state index in [2.05, 4.69) is 11.9 Å². The fourth-order valence-corrected chi connectivity index (χ4v) is 7.85. The number of ether oxygens (including phenoxy) is 2. The molecular weight excluding hydrogens is 594 g/mol. The van der Waals surface area contributed by atoms with Crippen molar-refractivity contribution in [2.45, 2.75) is 50.3 Å². The number of rotatable bonds is 11. The topological polar surface area (TPSA) is 172 Å². The zero-order valence-corrected chi connectivity index (χ0v) is 25.2. The lowest BCUT2D eigenvalue weighted by atomic mass is 9.79. The molecule has 0 spiro atoms. The SMILES string of the molecule is C=CCOC(=O)C1=C(S[C@H]2C[C@@H](CN3CCNC3=O)N(C(=O)OCc3ccc([N+](=O)[O-])cc3)C2)[C@H](C)[C@@H]2[C@@H]([C@@H](C)O)C(=O)N12. The summed E-state index contributed by atoms with van der Waals surface area (Å²) in [5, 5.41) is 23.8. The molecule has 0 aliphatic carbocycles. The van der Waals surface area contributed by atoms with E-state index >= 15 is 0 Å². The van der Waals surface area contributed by atoms with E-state index in [9.17, 15) is 34.4 Å². The number of nitrogens with zero attached hydrogens (tertiary/aromatic N) is 4. The Bertz CT molecular complexity index is 1380. The third-order valence-electron chi connectivity index (χ3n) is 8.42. The summed E-state index contributed by atoms with van der Waals surface area (Å²) in [7, 11) is 0. The first-order chi connectivity index (χ1) is 21.0. The molecule has 4 aliphatic rings. The molecule has 2 N–H and O–H groups in total. The number of aliphatic hydroxyl groups is 1. The van der Waals surface area contributed by atoms with Gasteiger partial charge in [-0.1, -0.05) is 19.6 Å². The van der Waals surface area contributed by atoms with Crippen LogP contribution in [0.2, 0.25) is 0 Å². The van der Waals surface area contributed by atoms with Crippen molar-refractivity contribution in [3.8, 4) is 0 Å². The number of hydrogen-bond donors (Lipinski definition) is 2. The first-order valence-corrected chi connectivity index (χ1v) is 15.3. The molecule has 0 unspecified atom stereocenters. The highest BCUT2D eigenvalue weighted by atomic mass is 32.2. The van der Waals surface area contributed by atoms with E-state index in [4.69, 9.17) is 9.47 Å². The second-order valence-corrected chi connectivity index (χ2v) is 12.6. The van der Waals surface area contributed by atoms with Crippen LogP contribution < -0.4 is 5.32 Å². The summed E-state index contributed by atoms with van der Waals surface area (Å²) in [5.74, 6) is -1.88. The minimum Gasteiger partial charge on any atom is -0.457 e. The Hall–Kier alpha value is -4.11. The van der Waals surface area contributed by atoms with Crippen LogP contribution in [0.25, 0.3) is 0 Å². The Labute approximate surface area is 258 Å². The third-order valence-corrected chi connectivity index (χ3v) is 9.92. The van der Waals surface area contributed by atoms with Crippen LogP contribution in [-0.2, 0) is 25.7 Å². The van der Waals surface area contributed by atoms with Gasteiger partial charge in [0.25, 0.3) is 5.69 Å². The predicted molar refractivity (Wildman–Crippen MR) is 158 cm³/mol. The Morgan fingerprint density at radius 3 is 2.61 bits per heavy atom. The van der Waals surface area contributed by atoms with Gasteiger partial charge in [-0.25, -0.2) is 14.4 Å². The zero-order chi connectivity index (χ0) is 31.7. The number of hydrogen-bond acceptors (Lipinski definition) is 10. The van der Waals surface area contributed by atoms with Crippen molar-refractivity contribution in [2.75, 3.05) is 32.8 Å². The van der Waals surface area contributed by atoms with Gasteiger partial charge in [0.1, 0.15) is 18.9 Å². The van der Waals surface area contributed by atoms with E-state index in [-0.39, 0.29) is 72.9 Å². The third kappa shape index (κ3) is 5.98. The quantitative estimate of drug-likeness (QED) is 0.122. The zero-order valence-electron chi connectivity index (χ0n) is 24.4. The molecule has 3 saturated heterocycles. The van der Waals surface area contributed by atoms with Crippen molar-refractivity contribution in [2.24, 2.45) is 11.8 Å². The van der Waals surface area contributed by atoms with Gasteiger partial charge in [0, 0.05) is 54.4 Å². The van der Waals surface area contributed by atoms with Gasteiger partial charge in [0.2, 0.25) is 5.91 Å². The second kappa shape index (κ2) is 12.9. The summed E-state index contributed by atoms with van der Waals surface area (Å²) >= 11 is 1.40. The molecule has 6 atom stereocenters. The average Bonchev–Trinajstić information content (AvgIpc) is 3.65. The maximum absolute atomic E-state index is 13.4. The van der Waals surface area contributed by atoms with Gasteiger partial charge in [-0.2, -0.15) is 0 Å². The van der Waals surface area contributed by atoms with Crippen LogP contribution in [0.5, 0.6) is 0 Å². The number of aliphatic hydroxyl groups excluding tert-OH is 1. The lowest BCUT2D eigenvalue weighted by molar-refractivity contribution is -0.384. The molecule has 236 valence electrons. The number of β-lactam (4-membered cyclic amide) rings is 1. The number of fused-ring (bicyclic) bond motifs is 1. The van der Waals surface area contributed by atoms with Gasteiger partial charge < -0.3 is 34.6 Å². The Kier molecular flexibility index (Phi) is 9.15. The minimum absolute atomic E-state index is 0.0288. The number of nitro groups is 1. The number of carbonyl (C=O) groups is 4. The second-order valence-electron chi connectivity index (χ2n) is 11.3. The van der Waals surface area contributed by atoms with Crippen LogP contribution >= 0.6 is 11.8 Å². The molecular formula is C29H35N5O9S. The summed E-state index contributed by atoms with van der Waals surface area (Å²) in [5.41, 5.74) is 0.669. The summed E-state index contributed by atoms with van der Waals surface area (Å²) < 4.78 is 10.9. The number of esters is 1. The Morgan fingerprint density at radius 1 is 1.27 bits per heavy atom. The van der Waals surface area contributed by atoms with Crippen molar-refractivity contribution in [3.63, 3.8) is 0 Å². The van der Waals surface area contributed by atoms with Crippen molar-refractivity contribution in [1.29, 1.82) is 0 Å². The number of amides is 4. The molecule has 0 saturated carbocycles. The Morgan fingerprint density at radius 2 is 2.00 bits per heavy atom. The average molecular weight is 630 g/mol. The summed E-state index contributed by atoms with van der Waals surface area (Å²) in [4.78, 5) is 67.6. The predicted octanol–water partition coefficient (Wildman–Crippen LogP) is 2.23. The lowest BCUT2D eigenvalue weighted by Gasteiger charge is -2.46. The number of thioether (sulfide) groups is 1. The monoisotopic (exact) mass is 629 g/mol. The van der Waals surface area contributed by atoms with Crippen molar-refractivity contribution < 1.29 is 38.7 Å². The van der Waals surface area contributed by atoms with Crippen molar-refractivity contribution >= 4 is 41.5 Å². The molecule has 0 radical (unpaired) electrons. The molecule has 0 aromatic heterocycles. The van der Waals surface area contributed by atoms with Crippen LogP contribution in [0.3, 0.4) is 0 Å². The largest absolute Gasteiger partial charge is 0.457 e. The highest BCUT2D eigenvalue weighted by Gasteiger charge is 2.60. The van der Waals surface area contributed by atoms with Gasteiger partial charge in [-0.05, 0) is 31.0 Å². The summed E-state index contributed by atoms with van der Waals surface area (Å²) in [6, 6.07) is 4.74. The number of nitrogens with one attached hydrogen (secondary N) is 1. The smallest absolute Gasteiger partial charge is 0.410 e. The van der Waals surface area contributed by atoms with Gasteiger partial charge >= 0.3 is 18.1 Å². The molecule has 1 aromatic rings. The molecule has 15 heteroatoms. The molecule has 4 amide bonds. The van der Waals surface area contributed by atoms with Crippen molar-refractivity contribution in [3.05, 3.63) is 63.2 Å². The minimum atomic E-state index is -0.885. The van der Waals surface area contributed by atoms with Crippen molar-refractivity contribution in [1.82, 2.24) is 20.0 Å². The maximum atomic E-state index is 13.4. The molecule has 4 heterocycles. The molecule has 14 nitrogen and oxygen atoms in total. The van der Waals surface area contributed by atoms with Crippen LogP contribution in [0, 0.1) is 22.0 Å². The van der Waals surface area contributed by atoms with Crippen LogP contribution in [-0.4, -0.2) is 105 Å². The molecule has 0 bridgehead atoms. The van der Waals surface area contributed by atoms with E-state index in [0.717, 1.165) is 0 Å². The van der Waals surface area contributed by atoms with E-state index in [1.807, 2.05) is 6.92 Å². The number of urea groups is 1. The first-order valence-electron chi connectivity index (χ1n) is 14.4. The molecule has 1 aromatic carbocycles. The fourth-order valence-electron chi connectivity index (χ4n) is 6.29. The van der Waals surface area contributed by atoms with E-state index in [1.165, 1.54) is 47.0 Å². The lowest BCUT2D eigenvalue weighted by Crippen LogP contribution is -2.63. The number of likely N-dealkylation sites (tertiary alicyclic amines) is 1. The normalized spacial score (nSPS) is 26.7. The first kappa shape index (κ1) is 31.3. The van der Waals surface area contributed by atoms with Crippen LogP contribution in [0.4, 0.5) is 15.3 Å². The van der Waals surface area contributed by atoms with E-state index in [0.29, 0.717) is 30.0 Å². The maximum Gasteiger partial charge on any atom is 0.410 e. The summed E-state index contributed by atoms with van der Waals surface area (Å²) in [6.07, 6.45) is 0.450. The molecule has 4 aliphatic heterocycles. The van der Waals surface area contributed by atoms with Crippen LogP contribution in [0.1, 0.15) is 25.8 Å². The fraction of sp³-hybridized carbons (Fsp3) is 0.517. The van der Waals surface area contributed by atoms with Gasteiger partial charge in [0.05, 0.1) is 29.0 Å². The summed E-state index contributed by atoms with van der Waals surface area (Å²) in [6.45, 7) is 8.47. The standard InChI is InChI=1S/C29H35N5O9S/c1-4-11-42-27(37)24-25(16(2)23-22(17(3)35)26(36)33(23)24)44-21-12-20(13-31-10-9-30-28(31)38)32(14-21)29(39)43-15-18-5-7-19(8-6-18)34(40)41/h4-8,16-17,20-23,35H,1,9-15H2,2-3H3,(H,30,38)/t16-,17-,20+,21+,22-,23-/m1/s1. The van der Waals surface area contributed by atoms with Crippen LogP contribution in [0.15, 0.2) is 47.5 Å². The van der Waals surface area contributed by atoms with Gasteiger partial charge in [0.15, 0.2) is 0 Å². The highest BCUT2D eigenvalue weighted by molar-refractivity contribution is 8.03. The number of non-ortho nitro benzene ring substituents is 1. The molecule has 5 rings (SSSR count). The number of benzene rings is 1. The number of carbonyl (C=O) groups excluding carboxylic acids is 4. The molecule has 44 heavy (non-hydrogen) atoms. The Balaban J connectivity index is 1.34. The number of nitro benzene ring substituents is 1. The highest BCUT2D eigenvalue weighted by Crippen LogP contribution is 2.52. The molecule has 3 fully saturated rings. The van der Waals surface area contributed by atoms with Gasteiger partial charge in [-0.3, -0.25) is 14.9 Å².